The molecule has 1 heterocycles. The van der Waals surface area contributed by atoms with Gasteiger partial charge in [0.15, 0.2) is 0 Å². The lowest BCUT2D eigenvalue weighted by atomic mass is 9.71. The third-order valence-electron chi connectivity index (χ3n) is 4.65. The van der Waals surface area contributed by atoms with E-state index in [-0.39, 0.29) is 0 Å². The van der Waals surface area contributed by atoms with E-state index in [1.807, 2.05) is 11.3 Å². The highest BCUT2D eigenvalue weighted by Gasteiger charge is 2.29. The van der Waals surface area contributed by atoms with E-state index < -0.39 is 0 Å². The van der Waals surface area contributed by atoms with Gasteiger partial charge in [-0.25, -0.2) is 0 Å². The third-order valence-corrected chi connectivity index (χ3v) is 5.54. The first-order valence-electron chi connectivity index (χ1n) is 8.06. The van der Waals surface area contributed by atoms with E-state index in [4.69, 9.17) is 0 Å². The summed E-state index contributed by atoms with van der Waals surface area (Å²) in [7, 11) is 0. The smallest absolute Gasteiger partial charge is 0.00480 e. The van der Waals surface area contributed by atoms with E-state index >= 15 is 0 Å². The first-order valence-corrected chi connectivity index (χ1v) is 8.94. The molecule has 0 aromatic carbocycles. The van der Waals surface area contributed by atoms with Gasteiger partial charge < -0.3 is 5.32 Å². The van der Waals surface area contributed by atoms with Gasteiger partial charge >= 0.3 is 0 Å². The zero-order valence-corrected chi connectivity index (χ0v) is 13.3. The van der Waals surface area contributed by atoms with Crippen LogP contribution < -0.4 is 5.32 Å². The lowest BCUT2D eigenvalue weighted by molar-refractivity contribution is 0.169. The van der Waals surface area contributed by atoms with Crippen LogP contribution in [0.25, 0.3) is 0 Å². The number of hydrogen-bond acceptors (Lipinski definition) is 2. The van der Waals surface area contributed by atoms with Crippen LogP contribution in [-0.4, -0.2) is 13.1 Å². The zero-order valence-electron chi connectivity index (χ0n) is 12.5. The van der Waals surface area contributed by atoms with Gasteiger partial charge in [0, 0.05) is 4.88 Å². The molecule has 3 unspecified atom stereocenters. The van der Waals surface area contributed by atoms with Crippen molar-refractivity contribution in [2.45, 2.75) is 52.4 Å². The van der Waals surface area contributed by atoms with Crippen LogP contribution in [0.5, 0.6) is 0 Å². The van der Waals surface area contributed by atoms with Crippen LogP contribution in [0.1, 0.15) is 50.8 Å². The summed E-state index contributed by atoms with van der Waals surface area (Å²) in [6, 6.07) is 4.52. The molecule has 108 valence electrons. The Balaban J connectivity index is 1.93. The molecular weight excluding hydrogens is 250 g/mol. The fraction of sp³-hybridized carbons (Fsp3) is 0.765. The van der Waals surface area contributed by atoms with Crippen molar-refractivity contribution in [1.82, 2.24) is 5.32 Å². The van der Waals surface area contributed by atoms with Crippen LogP contribution in [0.3, 0.4) is 0 Å². The molecule has 1 N–H and O–H groups in total. The van der Waals surface area contributed by atoms with Crippen molar-refractivity contribution in [2.24, 2.45) is 17.8 Å². The summed E-state index contributed by atoms with van der Waals surface area (Å²) < 4.78 is 0. The van der Waals surface area contributed by atoms with Crippen molar-refractivity contribution in [2.75, 3.05) is 13.1 Å². The van der Waals surface area contributed by atoms with Gasteiger partial charge in [-0.2, -0.15) is 0 Å². The Kier molecular flexibility index (Phi) is 6.39. The highest BCUT2D eigenvalue weighted by Crippen LogP contribution is 2.38. The topological polar surface area (TPSA) is 12.0 Å². The first kappa shape index (κ1) is 15.1. The maximum absolute atomic E-state index is 3.58. The van der Waals surface area contributed by atoms with Crippen molar-refractivity contribution in [3.63, 3.8) is 0 Å². The molecule has 0 aliphatic heterocycles. The minimum Gasteiger partial charge on any atom is -0.317 e. The second-order valence-corrected chi connectivity index (χ2v) is 7.11. The molecule has 1 fully saturated rings. The van der Waals surface area contributed by atoms with Gasteiger partial charge in [0.2, 0.25) is 0 Å². The van der Waals surface area contributed by atoms with E-state index in [0.717, 1.165) is 24.3 Å². The Bertz CT molecular complexity index is 333. The van der Waals surface area contributed by atoms with Gasteiger partial charge in [-0.3, -0.25) is 0 Å². The second-order valence-electron chi connectivity index (χ2n) is 6.08. The largest absolute Gasteiger partial charge is 0.317 e. The van der Waals surface area contributed by atoms with Crippen LogP contribution >= 0.6 is 11.3 Å². The molecule has 1 nitrogen and oxygen atoms in total. The molecule has 0 saturated heterocycles. The third kappa shape index (κ3) is 4.61. The summed E-state index contributed by atoms with van der Waals surface area (Å²) in [6.45, 7) is 6.89. The number of hydrogen-bond donors (Lipinski definition) is 1. The molecule has 0 spiro atoms. The monoisotopic (exact) mass is 279 g/mol. The zero-order chi connectivity index (χ0) is 13.5. The molecular formula is C17H29NS. The van der Waals surface area contributed by atoms with Crippen molar-refractivity contribution in [3.8, 4) is 0 Å². The first-order chi connectivity index (χ1) is 9.33. The molecule has 1 saturated carbocycles. The summed E-state index contributed by atoms with van der Waals surface area (Å²) in [6.07, 6.45) is 8.47. The lowest BCUT2D eigenvalue weighted by Gasteiger charge is -2.36. The highest BCUT2D eigenvalue weighted by atomic mass is 32.1. The Morgan fingerprint density at radius 2 is 2.16 bits per heavy atom. The van der Waals surface area contributed by atoms with Crippen molar-refractivity contribution in [3.05, 3.63) is 22.4 Å². The quantitative estimate of drug-likeness (QED) is 0.760. The fourth-order valence-corrected chi connectivity index (χ4v) is 4.43. The van der Waals surface area contributed by atoms with Crippen LogP contribution in [-0.2, 0) is 6.42 Å². The molecule has 0 radical (unpaired) electrons. The number of thiophene rings is 1. The Morgan fingerprint density at radius 3 is 2.84 bits per heavy atom. The van der Waals surface area contributed by atoms with Gasteiger partial charge in [-0.05, 0) is 61.6 Å². The summed E-state index contributed by atoms with van der Waals surface area (Å²) in [5.74, 6) is 2.80. The average Bonchev–Trinajstić information content (AvgIpc) is 2.91. The molecule has 0 amide bonds. The van der Waals surface area contributed by atoms with Crippen LogP contribution in [0.4, 0.5) is 0 Å². The molecule has 2 rings (SSSR count). The molecule has 1 aromatic rings. The minimum absolute atomic E-state index is 0.898. The summed E-state index contributed by atoms with van der Waals surface area (Å²) in [4.78, 5) is 1.59. The summed E-state index contributed by atoms with van der Waals surface area (Å²) in [5.41, 5.74) is 0. The molecule has 3 atom stereocenters. The Morgan fingerprint density at radius 1 is 1.26 bits per heavy atom. The van der Waals surface area contributed by atoms with Crippen LogP contribution in [0.2, 0.25) is 0 Å². The lowest BCUT2D eigenvalue weighted by Crippen LogP contribution is -2.34. The Labute approximate surface area is 122 Å². The molecule has 19 heavy (non-hydrogen) atoms. The number of nitrogens with one attached hydrogen (secondary N) is 1. The second kappa shape index (κ2) is 8.06. The Hall–Kier alpha value is -0.340. The SMILES string of the molecule is CCCC1CCC(CNCC)C(Cc2cccs2)C1. The van der Waals surface area contributed by atoms with E-state index in [2.05, 4.69) is 36.7 Å². The van der Waals surface area contributed by atoms with Gasteiger partial charge in [-0.1, -0.05) is 39.2 Å². The summed E-state index contributed by atoms with van der Waals surface area (Å²) in [5, 5.41) is 5.80. The van der Waals surface area contributed by atoms with Gasteiger partial charge in [0.05, 0.1) is 0 Å². The number of rotatable bonds is 7. The highest BCUT2D eigenvalue weighted by molar-refractivity contribution is 7.09. The van der Waals surface area contributed by atoms with E-state index in [1.54, 1.807) is 4.88 Å². The maximum Gasteiger partial charge on any atom is 0.00480 e. The summed E-state index contributed by atoms with van der Waals surface area (Å²) >= 11 is 1.94. The van der Waals surface area contributed by atoms with Gasteiger partial charge in [0.1, 0.15) is 0 Å². The van der Waals surface area contributed by atoms with Gasteiger partial charge in [0.25, 0.3) is 0 Å². The molecule has 1 aliphatic carbocycles. The van der Waals surface area contributed by atoms with Crippen molar-refractivity contribution >= 4 is 11.3 Å². The van der Waals surface area contributed by atoms with Crippen LogP contribution in [0.15, 0.2) is 17.5 Å². The average molecular weight is 279 g/mol. The minimum atomic E-state index is 0.898. The van der Waals surface area contributed by atoms with E-state index in [0.29, 0.717) is 0 Å². The predicted molar refractivity (Wildman–Crippen MR) is 85.8 cm³/mol. The molecule has 1 aromatic heterocycles. The van der Waals surface area contributed by atoms with Crippen molar-refractivity contribution < 1.29 is 0 Å². The van der Waals surface area contributed by atoms with E-state index in [1.165, 1.54) is 45.1 Å². The normalized spacial score (nSPS) is 27.6. The molecule has 0 bridgehead atoms. The fourth-order valence-electron chi connectivity index (χ4n) is 3.63. The predicted octanol–water partition coefficient (Wildman–Crippen LogP) is 4.73. The standard InChI is InChI=1S/C17H29NS/c1-3-6-14-8-9-15(13-18-4-2)16(11-14)12-17-7-5-10-19-17/h5,7,10,14-16,18H,3-4,6,8-9,11-13H2,1-2H3. The molecule has 2 heteroatoms. The van der Waals surface area contributed by atoms with Crippen molar-refractivity contribution in [1.29, 1.82) is 0 Å². The maximum atomic E-state index is 3.58. The molecule has 1 aliphatic rings. The van der Waals surface area contributed by atoms with Crippen LogP contribution in [0, 0.1) is 17.8 Å². The van der Waals surface area contributed by atoms with E-state index in [9.17, 15) is 0 Å². The van der Waals surface area contributed by atoms with Gasteiger partial charge in [-0.15, -0.1) is 11.3 Å².